The number of methoxy groups -OCH3 is 1. The normalized spacial score (nSPS) is 11.5. The first kappa shape index (κ1) is 22.0. The van der Waals surface area contributed by atoms with Gasteiger partial charge in [-0.2, -0.15) is 0 Å². The summed E-state index contributed by atoms with van der Waals surface area (Å²) in [7, 11) is 1.79. The van der Waals surface area contributed by atoms with Crippen LogP contribution in [0.4, 0.5) is 0 Å². The third-order valence-electron chi connectivity index (χ3n) is 4.31. The molecule has 0 aromatic heterocycles. The molecule has 0 aliphatic rings. The Labute approximate surface area is 165 Å². The second kappa shape index (κ2) is 8.55. The van der Waals surface area contributed by atoms with E-state index < -0.39 is 0 Å². The van der Waals surface area contributed by atoms with Crippen LogP contribution in [0.5, 0.6) is 5.75 Å². The van der Waals surface area contributed by atoms with Gasteiger partial charge in [-0.3, -0.25) is 4.79 Å². The van der Waals surface area contributed by atoms with Crippen LogP contribution in [0.25, 0.3) is 0 Å². The van der Waals surface area contributed by atoms with E-state index in [0.29, 0.717) is 0 Å². The Balaban J connectivity index is 0.00000312. The fourth-order valence-corrected chi connectivity index (χ4v) is 4.04. The van der Waals surface area contributed by atoms with Gasteiger partial charge in [0.1, 0.15) is 5.75 Å². The van der Waals surface area contributed by atoms with E-state index in [2.05, 4.69) is 32.9 Å². The monoisotopic (exact) mass is 350 g/mol. The number of aryl methyl sites for hydroxylation is 3. The molecule has 0 saturated carbocycles. The van der Waals surface area contributed by atoms with Crippen molar-refractivity contribution >= 4 is 38.3 Å². The third kappa shape index (κ3) is 5.21. The summed E-state index contributed by atoms with van der Waals surface area (Å²) < 4.78 is 5.24. The molecule has 25 heavy (non-hydrogen) atoms. The summed E-state index contributed by atoms with van der Waals surface area (Å²) in [5.41, 5.74) is 5.69. The van der Waals surface area contributed by atoms with Gasteiger partial charge in [0.15, 0.2) is 5.52 Å². The van der Waals surface area contributed by atoms with Gasteiger partial charge in [-0.1, -0.05) is 39.0 Å². The minimum absolute atomic E-state index is 0. The van der Waals surface area contributed by atoms with Gasteiger partial charge in [-0.15, -0.1) is 0 Å². The van der Waals surface area contributed by atoms with Crippen LogP contribution in [0.2, 0.25) is 0 Å². The third-order valence-corrected chi connectivity index (χ3v) is 5.61. The van der Waals surface area contributed by atoms with Crippen molar-refractivity contribution in [3.05, 3.63) is 58.1 Å². The summed E-state index contributed by atoms with van der Waals surface area (Å²) in [4.78, 5) is 12.9. The molecule has 0 amide bonds. The van der Waals surface area contributed by atoms with Crippen molar-refractivity contribution in [1.82, 2.24) is 0 Å². The van der Waals surface area contributed by atoms with E-state index in [1.165, 1.54) is 5.56 Å². The van der Waals surface area contributed by atoms with E-state index in [4.69, 9.17) is 4.74 Å². The predicted molar refractivity (Wildman–Crippen MR) is 112 cm³/mol. The van der Waals surface area contributed by atoms with Crippen molar-refractivity contribution in [3.8, 4) is 5.75 Å². The summed E-state index contributed by atoms with van der Waals surface area (Å²) >= 11 is 0. The molecule has 2 nitrogen and oxygen atoms in total. The zero-order valence-electron chi connectivity index (χ0n) is 15.7. The Hall–Kier alpha value is -1.06. The average molecular weight is 350 g/mol. The van der Waals surface area contributed by atoms with Crippen LogP contribution in [0, 0.1) is 20.8 Å². The summed E-state index contributed by atoms with van der Waals surface area (Å²) in [5, 5.41) is 1.08. The molecule has 2 aromatic carbocycles. The molecule has 0 saturated heterocycles. The first-order chi connectivity index (χ1) is 11.1. The van der Waals surface area contributed by atoms with Gasteiger partial charge in [0, 0.05) is 5.56 Å². The van der Waals surface area contributed by atoms with Gasteiger partial charge in [-0.25, -0.2) is 0 Å². The van der Waals surface area contributed by atoms with Crippen LogP contribution in [0.3, 0.4) is 0 Å². The number of carbonyl (C=O) groups is 1. The van der Waals surface area contributed by atoms with Crippen molar-refractivity contribution in [1.29, 1.82) is 0 Å². The molecule has 1 atom stereocenters. The van der Waals surface area contributed by atoms with E-state index in [1.54, 1.807) is 7.11 Å². The molecule has 0 radical (unpaired) electrons. The standard InChI is InChI=1S/C21H27O2P.Li.H/c1-13-12-17(23-7)8-9-18(13)24-20(22)19-14(2)10-16(11-15(19)3)21(4,5)6;;/h8-12,24H,1-7H3;;. The minimum atomic E-state index is 0. The van der Waals surface area contributed by atoms with Crippen molar-refractivity contribution in [2.75, 3.05) is 7.11 Å². The van der Waals surface area contributed by atoms with Gasteiger partial charge in [0.25, 0.3) is 0 Å². The van der Waals surface area contributed by atoms with Gasteiger partial charge in [0.2, 0.25) is 0 Å². The van der Waals surface area contributed by atoms with Gasteiger partial charge in [0.05, 0.1) is 7.11 Å². The van der Waals surface area contributed by atoms with E-state index in [1.807, 2.05) is 39.0 Å². The second-order valence-corrected chi connectivity index (χ2v) is 8.61. The molecule has 0 bridgehead atoms. The molecule has 1 unspecified atom stereocenters. The average Bonchev–Trinajstić information content (AvgIpc) is 2.47. The van der Waals surface area contributed by atoms with Crippen molar-refractivity contribution < 1.29 is 9.53 Å². The maximum absolute atomic E-state index is 12.9. The fourth-order valence-electron chi connectivity index (χ4n) is 2.84. The SMILES string of the molecule is COc1ccc(PC(=O)c2c(C)cc(C(C)(C)C)cc2C)c(C)c1.[LiH]. The Kier molecular flexibility index (Phi) is 7.51. The molecule has 2 aromatic rings. The Morgan fingerprint density at radius 2 is 1.52 bits per heavy atom. The molecule has 0 heterocycles. The molecular formula is C21H28LiO2P. The molecule has 4 heteroatoms. The molecule has 0 spiro atoms. The number of hydrogen-bond acceptors (Lipinski definition) is 2. The zero-order chi connectivity index (χ0) is 18.1. The predicted octanol–water partition coefficient (Wildman–Crippen LogP) is 4.41. The second-order valence-electron chi connectivity index (χ2n) is 7.37. The van der Waals surface area contributed by atoms with Crippen LogP contribution >= 0.6 is 8.58 Å². The molecule has 0 aliphatic carbocycles. The van der Waals surface area contributed by atoms with E-state index >= 15 is 0 Å². The topological polar surface area (TPSA) is 26.3 Å². The number of carbonyl (C=O) groups excluding carboxylic acids is 1. The van der Waals surface area contributed by atoms with Crippen LogP contribution in [-0.4, -0.2) is 31.5 Å². The number of hydrogen-bond donors (Lipinski definition) is 0. The first-order valence-electron chi connectivity index (χ1n) is 8.21. The maximum atomic E-state index is 12.9. The van der Waals surface area contributed by atoms with Crippen LogP contribution in [0.15, 0.2) is 30.3 Å². The van der Waals surface area contributed by atoms with Gasteiger partial charge >= 0.3 is 18.9 Å². The quantitative estimate of drug-likeness (QED) is 0.603. The van der Waals surface area contributed by atoms with Crippen molar-refractivity contribution in [2.24, 2.45) is 0 Å². The fraction of sp³-hybridized carbons (Fsp3) is 0.381. The van der Waals surface area contributed by atoms with E-state index in [9.17, 15) is 4.79 Å². The molecular weight excluding hydrogens is 322 g/mol. The van der Waals surface area contributed by atoms with Crippen LogP contribution in [0.1, 0.15) is 53.4 Å². The Morgan fingerprint density at radius 1 is 0.960 bits per heavy atom. The van der Waals surface area contributed by atoms with Crippen LogP contribution < -0.4 is 10.0 Å². The Morgan fingerprint density at radius 3 is 1.96 bits per heavy atom. The molecule has 130 valence electrons. The number of ether oxygens (including phenoxy) is 1. The molecule has 0 N–H and O–H groups in total. The molecule has 0 fully saturated rings. The summed E-state index contributed by atoms with van der Waals surface area (Å²) in [5.74, 6) is 0.829. The van der Waals surface area contributed by atoms with Gasteiger partial charge < -0.3 is 4.74 Å². The van der Waals surface area contributed by atoms with Gasteiger partial charge in [-0.05, 0) is 74.5 Å². The van der Waals surface area contributed by atoms with E-state index in [-0.39, 0.29) is 38.4 Å². The molecule has 2 rings (SSSR count). The number of benzene rings is 2. The zero-order valence-corrected chi connectivity index (χ0v) is 16.7. The summed E-state index contributed by atoms with van der Waals surface area (Å²) in [6, 6.07) is 10.2. The first-order valence-corrected chi connectivity index (χ1v) is 9.21. The number of rotatable bonds is 4. The molecule has 0 aliphatic heterocycles. The van der Waals surface area contributed by atoms with Crippen LogP contribution in [-0.2, 0) is 5.41 Å². The Bertz CT molecular complexity index is 753. The summed E-state index contributed by atoms with van der Waals surface area (Å²) in [6.07, 6.45) is 0. The van der Waals surface area contributed by atoms with E-state index in [0.717, 1.165) is 33.3 Å². The summed E-state index contributed by atoms with van der Waals surface area (Å²) in [6.45, 7) is 12.7. The van der Waals surface area contributed by atoms with Crippen molar-refractivity contribution in [2.45, 2.75) is 47.0 Å². The van der Waals surface area contributed by atoms with Crippen molar-refractivity contribution in [3.63, 3.8) is 0 Å².